The van der Waals surface area contributed by atoms with E-state index in [2.05, 4.69) is 16.5 Å². The van der Waals surface area contributed by atoms with Crippen LogP contribution < -0.4 is 0 Å². The average molecular weight is 236 g/mol. The van der Waals surface area contributed by atoms with Gasteiger partial charge in [-0.05, 0) is 26.2 Å². The normalized spacial score (nSPS) is 33.2. The lowest BCUT2D eigenvalue weighted by atomic mass is 9.84. The Morgan fingerprint density at radius 3 is 3.12 bits per heavy atom. The molecule has 0 aliphatic carbocycles. The molecule has 17 heavy (non-hydrogen) atoms. The van der Waals surface area contributed by atoms with E-state index in [0.29, 0.717) is 24.5 Å². The molecule has 4 heteroatoms. The second kappa shape index (κ2) is 4.42. The van der Waals surface area contributed by atoms with Crippen molar-refractivity contribution in [3.8, 4) is 0 Å². The summed E-state index contributed by atoms with van der Waals surface area (Å²) in [6, 6.07) is 0. The first-order valence-corrected chi connectivity index (χ1v) is 6.61. The minimum absolute atomic E-state index is 0.292. The zero-order valence-corrected chi connectivity index (χ0v) is 10.2. The molecule has 94 valence electrons. The van der Waals surface area contributed by atoms with Crippen molar-refractivity contribution in [1.82, 2.24) is 9.55 Å². The second-order valence-corrected chi connectivity index (χ2v) is 5.17. The van der Waals surface area contributed by atoms with Gasteiger partial charge in [0, 0.05) is 31.3 Å². The largest absolute Gasteiger partial charge is 0.392 e. The SMILES string of the molecule is CCn1ccnc1CC(O)C1CC2CCC1O2. The Labute approximate surface area is 102 Å². The van der Waals surface area contributed by atoms with Crippen LogP contribution in [-0.4, -0.2) is 33.0 Å². The first-order chi connectivity index (χ1) is 8.28. The second-order valence-electron chi connectivity index (χ2n) is 5.17. The maximum Gasteiger partial charge on any atom is 0.111 e. The summed E-state index contributed by atoms with van der Waals surface area (Å²) in [5.74, 6) is 1.30. The molecule has 0 spiro atoms. The van der Waals surface area contributed by atoms with Crippen LogP contribution in [0.15, 0.2) is 12.4 Å². The van der Waals surface area contributed by atoms with Gasteiger partial charge in [-0.15, -0.1) is 0 Å². The zero-order valence-electron chi connectivity index (χ0n) is 10.2. The van der Waals surface area contributed by atoms with Crippen molar-refractivity contribution in [3.05, 3.63) is 18.2 Å². The molecule has 3 rings (SSSR count). The smallest absolute Gasteiger partial charge is 0.111 e. The molecular weight excluding hydrogens is 216 g/mol. The number of ether oxygens (including phenoxy) is 1. The quantitative estimate of drug-likeness (QED) is 0.859. The lowest BCUT2D eigenvalue weighted by Gasteiger charge is -2.24. The molecule has 0 aromatic carbocycles. The van der Waals surface area contributed by atoms with Gasteiger partial charge in [0.25, 0.3) is 0 Å². The molecule has 2 saturated heterocycles. The number of aromatic nitrogens is 2. The molecule has 1 aromatic heterocycles. The maximum atomic E-state index is 10.3. The van der Waals surface area contributed by atoms with Crippen LogP contribution in [0.5, 0.6) is 0 Å². The summed E-state index contributed by atoms with van der Waals surface area (Å²) in [6.45, 7) is 3.01. The molecular formula is C13H20N2O2. The third kappa shape index (κ3) is 2.00. The monoisotopic (exact) mass is 236 g/mol. The van der Waals surface area contributed by atoms with Crippen LogP contribution >= 0.6 is 0 Å². The van der Waals surface area contributed by atoms with Crippen molar-refractivity contribution in [1.29, 1.82) is 0 Å². The van der Waals surface area contributed by atoms with Crippen molar-refractivity contribution >= 4 is 0 Å². The fraction of sp³-hybridized carbons (Fsp3) is 0.769. The number of hydrogen-bond acceptors (Lipinski definition) is 3. The molecule has 0 amide bonds. The molecule has 2 fully saturated rings. The Morgan fingerprint density at radius 1 is 1.59 bits per heavy atom. The van der Waals surface area contributed by atoms with E-state index in [-0.39, 0.29) is 6.10 Å². The van der Waals surface area contributed by atoms with Crippen molar-refractivity contribution in [2.24, 2.45) is 5.92 Å². The van der Waals surface area contributed by atoms with Crippen LogP contribution in [0.25, 0.3) is 0 Å². The van der Waals surface area contributed by atoms with Crippen LogP contribution in [0.1, 0.15) is 32.0 Å². The predicted molar refractivity (Wildman–Crippen MR) is 63.6 cm³/mol. The summed E-state index contributed by atoms with van der Waals surface area (Å²) in [5.41, 5.74) is 0. The molecule has 2 aliphatic heterocycles. The van der Waals surface area contributed by atoms with Crippen molar-refractivity contribution < 1.29 is 9.84 Å². The van der Waals surface area contributed by atoms with E-state index in [1.165, 1.54) is 6.42 Å². The Kier molecular flexibility index (Phi) is 2.92. The Morgan fingerprint density at radius 2 is 2.47 bits per heavy atom. The van der Waals surface area contributed by atoms with Gasteiger partial charge < -0.3 is 14.4 Å². The number of rotatable bonds is 4. The fourth-order valence-corrected chi connectivity index (χ4v) is 3.24. The number of hydrogen-bond donors (Lipinski definition) is 1. The summed E-state index contributed by atoms with van der Waals surface area (Å²) in [6.07, 6.45) is 8.15. The first kappa shape index (κ1) is 11.2. The average Bonchev–Trinajstić information content (AvgIpc) is 3.03. The number of aliphatic hydroxyl groups is 1. The third-order valence-corrected chi connectivity index (χ3v) is 4.18. The molecule has 4 unspecified atom stereocenters. The highest BCUT2D eigenvalue weighted by Crippen LogP contribution is 2.40. The lowest BCUT2D eigenvalue weighted by molar-refractivity contribution is 0.0419. The highest BCUT2D eigenvalue weighted by atomic mass is 16.5. The van der Waals surface area contributed by atoms with Gasteiger partial charge in [0.15, 0.2) is 0 Å². The van der Waals surface area contributed by atoms with Crippen LogP contribution in [0.3, 0.4) is 0 Å². The molecule has 4 atom stereocenters. The highest BCUT2D eigenvalue weighted by Gasteiger charge is 2.44. The standard InChI is InChI=1S/C13H20N2O2/c1-2-15-6-5-14-13(15)8-11(16)10-7-9-3-4-12(10)17-9/h5-6,9-12,16H,2-4,7-8H2,1H3. The Hall–Kier alpha value is -0.870. The minimum atomic E-state index is -0.307. The minimum Gasteiger partial charge on any atom is -0.392 e. The van der Waals surface area contributed by atoms with E-state index in [1.807, 2.05) is 12.4 Å². The molecule has 0 saturated carbocycles. The van der Waals surface area contributed by atoms with Crippen LogP contribution in [0, 0.1) is 5.92 Å². The van der Waals surface area contributed by atoms with Gasteiger partial charge in [-0.25, -0.2) is 4.98 Å². The Bertz CT molecular complexity index is 391. The van der Waals surface area contributed by atoms with Gasteiger partial charge in [-0.2, -0.15) is 0 Å². The van der Waals surface area contributed by atoms with Gasteiger partial charge in [0.05, 0.1) is 18.3 Å². The van der Waals surface area contributed by atoms with Gasteiger partial charge in [0.1, 0.15) is 5.82 Å². The molecule has 2 bridgehead atoms. The van der Waals surface area contributed by atoms with Gasteiger partial charge in [0.2, 0.25) is 0 Å². The van der Waals surface area contributed by atoms with Crippen molar-refractivity contribution in [2.75, 3.05) is 0 Å². The van der Waals surface area contributed by atoms with E-state index in [1.54, 1.807) is 0 Å². The number of aliphatic hydroxyl groups excluding tert-OH is 1. The predicted octanol–water partition coefficient (Wildman–Crippen LogP) is 1.37. The summed E-state index contributed by atoms with van der Waals surface area (Å²) >= 11 is 0. The molecule has 4 nitrogen and oxygen atoms in total. The third-order valence-electron chi connectivity index (χ3n) is 4.18. The molecule has 3 heterocycles. The Balaban J connectivity index is 1.65. The highest BCUT2D eigenvalue weighted by molar-refractivity contribution is 4.99. The molecule has 1 N–H and O–H groups in total. The van der Waals surface area contributed by atoms with Crippen LogP contribution in [-0.2, 0) is 17.7 Å². The molecule has 1 aromatic rings. The van der Waals surface area contributed by atoms with Gasteiger partial charge in [-0.1, -0.05) is 0 Å². The maximum absolute atomic E-state index is 10.3. The van der Waals surface area contributed by atoms with E-state index < -0.39 is 0 Å². The van der Waals surface area contributed by atoms with Gasteiger partial charge >= 0.3 is 0 Å². The zero-order chi connectivity index (χ0) is 11.8. The van der Waals surface area contributed by atoms with Gasteiger partial charge in [-0.3, -0.25) is 0 Å². The summed E-state index contributed by atoms with van der Waals surface area (Å²) in [7, 11) is 0. The topological polar surface area (TPSA) is 47.3 Å². The number of nitrogens with zero attached hydrogens (tertiary/aromatic N) is 2. The number of imidazole rings is 1. The summed E-state index contributed by atoms with van der Waals surface area (Å²) < 4.78 is 7.89. The fourth-order valence-electron chi connectivity index (χ4n) is 3.24. The molecule has 0 radical (unpaired) electrons. The molecule has 2 aliphatic rings. The van der Waals surface area contributed by atoms with E-state index in [9.17, 15) is 5.11 Å². The van der Waals surface area contributed by atoms with E-state index >= 15 is 0 Å². The summed E-state index contributed by atoms with van der Waals surface area (Å²) in [5, 5.41) is 10.3. The summed E-state index contributed by atoms with van der Waals surface area (Å²) in [4.78, 5) is 4.32. The van der Waals surface area contributed by atoms with E-state index in [0.717, 1.165) is 25.2 Å². The first-order valence-electron chi connectivity index (χ1n) is 6.61. The number of fused-ring (bicyclic) bond motifs is 2. The van der Waals surface area contributed by atoms with Crippen molar-refractivity contribution in [2.45, 2.75) is 57.5 Å². The van der Waals surface area contributed by atoms with Crippen LogP contribution in [0.4, 0.5) is 0 Å². The van der Waals surface area contributed by atoms with E-state index in [4.69, 9.17) is 4.74 Å². The van der Waals surface area contributed by atoms with Crippen molar-refractivity contribution in [3.63, 3.8) is 0 Å². The van der Waals surface area contributed by atoms with Crippen LogP contribution in [0.2, 0.25) is 0 Å². The number of aryl methyl sites for hydroxylation is 1. The lowest BCUT2D eigenvalue weighted by Crippen LogP contribution is -2.31.